The predicted molar refractivity (Wildman–Crippen MR) is 143 cm³/mol. The van der Waals surface area contributed by atoms with E-state index in [1.807, 2.05) is 0 Å². The van der Waals surface area contributed by atoms with Gasteiger partial charge in [-0.1, -0.05) is 17.4 Å². The Hall–Kier alpha value is -4.05. The predicted octanol–water partition coefficient (Wildman–Crippen LogP) is 2.07. The molecule has 0 radical (unpaired) electrons. The van der Waals surface area contributed by atoms with Crippen molar-refractivity contribution in [1.82, 2.24) is 4.57 Å². The summed E-state index contributed by atoms with van der Waals surface area (Å²) in [5.74, 6) is -0.846. The Morgan fingerprint density at radius 1 is 0.974 bits per heavy atom. The van der Waals surface area contributed by atoms with E-state index in [0.717, 1.165) is 11.3 Å². The van der Waals surface area contributed by atoms with Crippen LogP contribution in [0.2, 0.25) is 0 Å². The molecule has 0 aliphatic carbocycles. The Bertz CT molecular complexity index is 1860. The number of nitrogens with one attached hydrogen (secondary N) is 1. The van der Waals surface area contributed by atoms with Crippen molar-refractivity contribution >= 4 is 59.2 Å². The van der Waals surface area contributed by atoms with E-state index >= 15 is 0 Å². The first-order valence-corrected chi connectivity index (χ1v) is 14.8. The molecule has 4 aromatic rings. The van der Waals surface area contributed by atoms with Gasteiger partial charge in [0, 0.05) is 11.3 Å². The van der Waals surface area contributed by atoms with E-state index in [0.29, 0.717) is 16.0 Å². The number of hydrogen-bond acceptors (Lipinski definition) is 9. The fourth-order valence-electron chi connectivity index (χ4n) is 3.50. The summed E-state index contributed by atoms with van der Waals surface area (Å²) in [6, 6.07) is 15.6. The molecule has 0 aliphatic heterocycles. The quantitative estimate of drug-likeness (QED) is 0.293. The number of hydrogen-bond donors (Lipinski definition) is 2. The third-order valence-electron chi connectivity index (χ3n) is 5.43. The lowest BCUT2D eigenvalue weighted by atomic mass is 10.2. The number of esters is 1. The van der Waals surface area contributed by atoms with Crippen molar-refractivity contribution in [2.24, 2.45) is 10.1 Å². The monoisotopic (exact) mass is 590 g/mol. The molecule has 0 unspecified atom stereocenters. The van der Waals surface area contributed by atoms with Crippen LogP contribution in [0.15, 0.2) is 81.5 Å². The number of nitrogens with two attached hydrogens (primary N) is 1. The zero-order chi connectivity index (χ0) is 28.4. The van der Waals surface area contributed by atoms with Gasteiger partial charge in [-0.2, -0.15) is 4.99 Å². The van der Waals surface area contributed by atoms with E-state index < -0.39 is 31.9 Å². The van der Waals surface area contributed by atoms with Gasteiger partial charge < -0.3 is 14.0 Å². The summed E-state index contributed by atoms with van der Waals surface area (Å²) in [5.41, 5.74) is 0.631. The molecule has 0 saturated carbocycles. The minimum Gasteiger partial charge on any atom is -0.497 e. The molecule has 0 fully saturated rings. The van der Waals surface area contributed by atoms with E-state index in [9.17, 15) is 26.4 Å². The van der Waals surface area contributed by atoms with Crippen LogP contribution in [0.3, 0.4) is 0 Å². The van der Waals surface area contributed by atoms with Crippen LogP contribution in [0.1, 0.15) is 10.4 Å². The highest BCUT2D eigenvalue weighted by Gasteiger charge is 2.17. The fourth-order valence-corrected chi connectivity index (χ4v) is 6.23. The molecule has 3 N–H and O–H groups in total. The highest BCUT2D eigenvalue weighted by atomic mass is 32.2. The maximum absolute atomic E-state index is 13.1. The van der Waals surface area contributed by atoms with Crippen LogP contribution in [-0.2, 0) is 36.1 Å². The number of benzene rings is 3. The number of ether oxygens (including phenoxy) is 2. The van der Waals surface area contributed by atoms with Crippen molar-refractivity contribution in [3.63, 3.8) is 0 Å². The van der Waals surface area contributed by atoms with Gasteiger partial charge in [-0.15, -0.1) is 0 Å². The normalized spacial score (nSPS) is 12.3. The maximum Gasteiger partial charge on any atom is 0.325 e. The van der Waals surface area contributed by atoms with Crippen molar-refractivity contribution < 1.29 is 35.9 Å². The first-order valence-electron chi connectivity index (χ1n) is 11.0. The van der Waals surface area contributed by atoms with Crippen LogP contribution < -0.4 is 19.4 Å². The molecule has 4 rings (SSSR count). The number of carbonyl (C=O) groups excluding carboxylic acids is 2. The molecule has 0 spiro atoms. The van der Waals surface area contributed by atoms with Crippen molar-refractivity contribution in [3.8, 4) is 5.75 Å². The van der Waals surface area contributed by atoms with Gasteiger partial charge in [0.05, 0.1) is 34.2 Å². The second kappa shape index (κ2) is 11.0. The summed E-state index contributed by atoms with van der Waals surface area (Å²) >= 11 is 0.970. The molecule has 12 nitrogen and oxygen atoms in total. The number of fused-ring (bicyclic) bond motifs is 1. The van der Waals surface area contributed by atoms with E-state index in [-0.39, 0.29) is 32.4 Å². The number of carbonyl (C=O) groups is 2. The SMILES string of the molecule is COC(=O)Cn1c(=NC(=O)c2cccc(NS(=O)(=O)c3ccc(OC)cc3)c2)sc2cc(S(N)(=O)=O)ccc21. The van der Waals surface area contributed by atoms with E-state index in [1.54, 1.807) is 0 Å². The zero-order valence-electron chi connectivity index (χ0n) is 20.5. The Morgan fingerprint density at radius 3 is 2.31 bits per heavy atom. The van der Waals surface area contributed by atoms with Crippen LogP contribution >= 0.6 is 11.3 Å². The Balaban J connectivity index is 1.71. The lowest BCUT2D eigenvalue weighted by Gasteiger charge is -2.09. The molecule has 1 heterocycles. The fraction of sp³-hybridized carbons (Fsp3) is 0.125. The van der Waals surface area contributed by atoms with Gasteiger partial charge in [0.15, 0.2) is 4.80 Å². The van der Waals surface area contributed by atoms with Gasteiger partial charge in [-0.3, -0.25) is 14.3 Å². The highest BCUT2D eigenvalue weighted by Crippen LogP contribution is 2.23. The first-order chi connectivity index (χ1) is 18.4. The molecular weight excluding hydrogens is 568 g/mol. The van der Waals surface area contributed by atoms with E-state index in [4.69, 9.17) is 14.6 Å². The molecule has 1 amide bonds. The molecule has 204 valence electrons. The molecule has 0 atom stereocenters. The summed E-state index contributed by atoms with van der Waals surface area (Å²) in [6.45, 7) is -0.293. The molecular formula is C24H22N4O8S3. The Kier molecular flexibility index (Phi) is 7.87. The average molecular weight is 591 g/mol. The van der Waals surface area contributed by atoms with Gasteiger partial charge in [-0.25, -0.2) is 22.0 Å². The molecule has 1 aromatic heterocycles. The van der Waals surface area contributed by atoms with Crippen LogP contribution in [0.4, 0.5) is 5.69 Å². The minimum absolute atomic E-state index is 0.00212. The third-order valence-corrected chi connectivity index (χ3v) is 8.78. The third kappa shape index (κ3) is 6.34. The Labute approximate surface area is 227 Å². The van der Waals surface area contributed by atoms with Gasteiger partial charge in [0.1, 0.15) is 12.3 Å². The number of primary sulfonamides is 1. The average Bonchev–Trinajstić information content (AvgIpc) is 3.23. The van der Waals surface area contributed by atoms with Gasteiger partial charge in [0.25, 0.3) is 15.9 Å². The molecule has 39 heavy (non-hydrogen) atoms. The van der Waals surface area contributed by atoms with E-state index in [2.05, 4.69) is 9.71 Å². The zero-order valence-corrected chi connectivity index (χ0v) is 23.0. The summed E-state index contributed by atoms with van der Waals surface area (Å²) in [7, 11) is -5.28. The van der Waals surface area contributed by atoms with Gasteiger partial charge in [-0.05, 0) is 60.7 Å². The van der Waals surface area contributed by atoms with Crippen LogP contribution in [0, 0.1) is 0 Å². The standard InChI is InChI=1S/C24H22N4O8S3/c1-35-17-6-8-18(9-7-17)39(33,34)27-16-5-3-4-15(12-16)23(30)26-24-28(14-22(29)36-2)20-11-10-19(38(25,31)32)13-21(20)37-24/h3-13,27H,14H2,1-2H3,(H2,25,31,32). The lowest BCUT2D eigenvalue weighted by Crippen LogP contribution is -2.22. The molecule has 0 saturated heterocycles. The largest absolute Gasteiger partial charge is 0.497 e. The number of anilines is 1. The van der Waals surface area contributed by atoms with Crippen molar-refractivity contribution in [2.45, 2.75) is 16.3 Å². The van der Waals surface area contributed by atoms with Gasteiger partial charge >= 0.3 is 5.97 Å². The van der Waals surface area contributed by atoms with Crippen LogP contribution in [-0.4, -0.2) is 47.5 Å². The molecule has 15 heteroatoms. The first kappa shape index (κ1) is 28.0. The van der Waals surface area contributed by atoms with Crippen LogP contribution in [0.25, 0.3) is 10.2 Å². The van der Waals surface area contributed by atoms with Crippen molar-refractivity contribution in [1.29, 1.82) is 0 Å². The minimum atomic E-state index is -3.99. The Morgan fingerprint density at radius 2 is 1.67 bits per heavy atom. The summed E-state index contributed by atoms with van der Waals surface area (Å²) < 4.78 is 63.2. The summed E-state index contributed by atoms with van der Waals surface area (Å²) in [4.78, 5) is 29.2. The van der Waals surface area contributed by atoms with Gasteiger partial charge in [0.2, 0.25) is 10.0 Å². The lowest BCUT2D eigenvalue weighted by molar-refractivity contribution is -0.141. The molecule has 0 aliphatic rings. The van der Waals surface area contributed by atoms with E-state index in [1.165, 1.54) is 85.5 Å². The molecule has 3 aromatic carbocycles. The highest BCUT2D eigenvalue weighted by molar-refractivity contribution is 7.92. The number of thiazole rings is 1. The summed E-state index contributed by atoms with van der Waals surface area (Å²) in [5, 5.41) is 5.22. The number of aromatic nitrogens is 1. The topological polar surface area (TPSA) is 176 Å². The number of sulfonamides is 2. The van der Waals surface area contributed by atoms with Crippen molar-refractivity contribution in [2.75, 3.05) is 18.9 Å². The second-order valence-electron chi connectivity index (χ2n) is 8.00. The molecule has 0 bridgehead atoms. The summed E-state index contributed by atoms with van der Waals surface area (Å²) in [6.07, 6.45) is 0. The smallest absolute Gasteiger partial charge is 0.325 e. The number of nitrogens with zero attached hydrogens (tertiary/aromatic N) is 2. The van der Waals surface area contributed by atoms with Crippen molar-refractivity contribution in [3.05, 3.63) is 77.1 Å². The number of methoxy groups -OCH3 is 2. The number of amides is 1. The number of rotatable bonds is 8. The second-order valence-corrected chi connectivity index (χ2v) is 12.3. The maximum atomic E-state index is 13.1. The van der Waals surface area contributed by atoms with Crippen LogP contribution in [0.5, 0.6) is 5.75 Å².